The predicted molar refractivity (Wildman–Crippen MR) is 138 cm³/mol. The Morgan fingerprint density at radius 3 is 2.51 bits per heavy atom. The van der Waals surface area contributed by atoms with Gasteiger partial charge in [-0.1, -0.05) is 34.4 Å². The number of fused-ring (bicyclic) bond motifs is 1. The molecule has 182 valence electrons. The second-order valence-electron chi connectivity index (χ2n) is 8.28. The van der Waals surface area contributed by atoms with E-state index in [9.17, 15) is 13.2 Å². The highest BCUT2D eigenvalue weighted by molar-refractivity contribution is 7.90. The van der Waals surface area contributed by atoms with Gasteiger partial charge < -0.3 is 9.74 Å². The molecule has 10 heteroatoms. The van der Waals surface area contributed by atoms with Crippen LogP contribution in [0.25, 0.3) is 0 Å². The number of hydrogen-bond acceptors (Lipinski definition) is 6. The van der Waals surface area contributed by atoms with E-state index in [2.05, 4.69) is 36.0 Å². The van der Waals surface area contributed by atoms with Crippen molar-refractivity contribution < 1.29 is 18.0 Å². The van der Waals surface area contributed by atoms with Crippen LogP contribution >= 0.6 is 23.2 Å². The van der Waals surface area contributed by atoms with Crippen LogP contribution in [0.2, 0.25) is 10.0 Å². The minimum absolute atomic E-state index is 0.0833. The van der Waals surface area contributed by atoms with Crippen LogP contribution in [0.15, 0.2) is 70.7 Å². The van der Waals surface area contributed by atoms with Gasteiger partial charge >= 0.3 is 0 Å². The van der Waals surface area contributed by atoms with Crippen LogP contribution < -0.4 is 14.5 Å². The molecule has 0 spiro atoms. The Bertz CT molecular complexity index is 1390. The van der Waals surface area contributed by atoms with Crippen molar-refractivity contribution in [3.63, 3.8) is 0 Å². The van der Waals surface area contributed by atoms with Crippen molar-refractivity contribution in [2.45, 2.75) is 31.2 Å². The minimum Gasteiger partial charge on any atom is -0.369 e. The van der Waals surface area contributed by atoms with Crippen LogP contribution in [0.4, 0.5) is 5.69 Å². The number of amides is 1. The van der Waals surface area contributed by atoms with Gasteiger partial charge in [0, 0.05) is 28.9 Å². The van der Waals surface area contributed by atoms with E-state index in [4.69, 9.17) is 28.0 Å². The molecule has 0 fully saturated rings. The summed E-state index contributed by atoms with van der Waals surface area (Å²) in [6, 6.07) is 16.5. The average molecular weight is 532 g/mol. The second-order valence-corrected chi connectivity index (χ2v) is 10.8. The van der Waals surface area contributed by atoms with Gasteiger partial charge in [0.05, 0.1) is 11.2 Å². The first-order chi connectivity index (χ1) is 16.6. The lowest BCUT2D eigenvalue weighted by Gasteiger charge is -2.23. The standard InChI is InChI=1S/C25H23Cl2N3O4S/c1-16(2)30-12-11-19-13-17(3-9-23(19)30)15-28-34-21-7-4-18(5-8-21)25(31)29-35(32,33)24-10-6-20(26)14-22(24)27/h3-10,13-16H,11-12H2,1-2H3,(H,29,31)/b28-15+. The molecule has 0 unspecified atom stereocenters. The number of benzene rings is 3. The number of anilines is 1. The Kier molecular flexibility index (Phi) is 7.35. The molecule has 0 saturated carbocycles. The van der Waals surface area contributed by atoms with Crippen LogP contribution in [0.3, 0.4) is 0 Å². The van der Waals surface area contributed by atoms with E-state index < -0.39 is 15.9 Å². The molecule has 0 aromatic heterocycles. The van der Waals surface area contributed by atoms with E-state index in [-0.39, 0.29) is 20.5 Å². The Hall–Kier alpha value is -3.07. The molecule has 0 atom stereocenters. The van der Waals surface area contributed by atoms with Gasteiger partial charge in [0.2, 0.25) is 0 Å². The van der Waals surface area contributed by atoms with Crippen molar-refractivity contribution in [1.82, 2.24) is 4.72 Å². The highest BCUT2D eigenvalue weighted by atomic mass is 35.5. The highest BCUT2D eigenvalue weighted by Crippen LogP contribution is 2.30. The monoisotopic (exact) mass is 531 g/mol. The maximum atomic E-state index is 12.5. The maximum absolute atomic E-state index is 12.5. The summed E-state index contributed by atoms with van der Waals surface area (Å²) in [5.41, 5.74) is 3.60. The third-order valence-corrected chi connectivity index (χ3v) is 7.59. The Morgan fingerprint density at radius 1 is 1.09 bits per heavy atom. The van der Waals surface area contributed by atoms with E-state index in [0.29, 0.717) is 11.8 Å². The number of carbonyl (C=O) groups is 1. The molecular formula is C25H23Cl2N3O4S. The molecule has 35 heavy (non-hydrogen) atoms. The van der Waals surface area contributed by atoms with Gasteiger partial charge in [0.1, 0.15) is 4.90 Å². The molecule has 1 aliphatic heterocycles. The fourth-order valence-corrected chi connectivity index (χ4v) is 5.56. The van der Waals surface area contributed by atoms with Crippen molar-refractivity contribution in [2.24, 2.45) is 5.16 Å². The van der Waals surface area contributed by atoms with Crippen molar-refractivity contribution in [2.75, 3.05) is 11.4 Å². The van der Waals surface area contributed by atoms with E-state index in [1.807, 2.05) is 10.8 Å². The number of carbonyl (C=O) groups excluding carboxylic acids is 1. The fourth-order valence-electron chi connectivity index (χ4n) is 3.81. The van der Waals surface area contributed by atoms with E-state index in [0.717, 1.165) is 18.5 Å². The topological polar surface area (TPSA) is 88.1 Å². The summed E-state index contributed by atoms with van der Waals surface area (Å²) in [6.45, 7) is 5.38. The van der Waals surface area contributed by atoms with Crippen molar-refractivity contribution in [3.8, 4) is 5.75 Å². The summed E-state index contributed by atoms with van der Waals surface area (Å²) in [6.07, 6.45) is 2.63. The first-order valence-electron chi connectivity index (χ1n) is 10.9. The average Bonchev–Trinajstić information content (AvgIpc) is 3.22. The predicted octanol–water partition coefficient (Wildman–Crippen LogP) is 5.30. The lowest BCUT2D eigenvalue weighted by atomic mass is 10.1. The van der Waals surface area contributed by atoms with Crippen molar-refractivity contribution in [1.29, 1.82) is 0 Å². The molecule has 1 N–H and O–H groups in total. The number of halogens is 2. The van der Waals surface area contributed by atoms with Crippen LogP contribution in [-0.2, 0) is 16.4 Å². The highest BCUT2D eigenvalue weighted by Gasteiger charge is 2.22. The van der Waals surface area contributed by atoms with Crippen LogP contribution in [-0.4, -0.2) is 33.1 Å². The quantitative estimate of drug-likeness (QED) is 0.330. The van der Waals surface area contributed by atoms with Gasteiger partial charge in [-0.2, -0.15) is 0 Å². The van der Waals surface area contributed by atoms with Crippen LogP contribution in [0, 0.1) is 0 Å². The van der Waals surface area contributed by atoms with E-state index in [1.165, 1.54) is 53.7 Å². The second kappa shape index (κ2) is 10.3. The number of nitrogens with zero attached hydrogens (tertiary/aromatic N) is 2. The molecule has 1 amide bonds. The normalized spacial score (nSPS) is 13.3. The van der Waals surface area contributed by atoms with E-state index in [1.54, 1.807) is 6.21 Å². The molecule has 0 aliphatic carbocycles. The first kappa shape index (κ1) is 25.0. The molecule has 3 aromatic rings. The SMILES string of the molecule is CC(C)N1CCc2cc(/C=N/Oc3ccc(C(=O)NS(=O)(=O)c4ccc(Cl)cc4Cl)cc3)ccc21. The molecule has 0 bridgehead atoms. The first-order valence-corrected chi connectivity index (χ1v) is 13.1. The third kappa shape index (κ3) is 5.78. The number of rotatable bonds is 7. The summed E-state index contributed by atoms with van der Waals surface area (Å²) in [7, 11) is -4.17. The summed E-state index contributed by atoms with van der Waals surface area (Å²) in [5, 5.41) is 4.22. The van der Waals surface area contributed by atoms with Crippen molar-refractivity contribution in [3.05, 3.63) is 87.4 Å². The zero-order valence-corrected chi connectivity index (χ0v) is 21.4. The number of hydrogen-bond donors (Lipinski definition) is 1. The summed E-state index contributed by atoms with van der Waals surface area (Å²) in [5.74, 6) is -0.409. The summed E-state index contributed by atoms with van der Waals surface area (Å²) in [4.78, 5) is 20.0. The van der Waals surface area contributed by atoms with Gasteiger partial charge in [-0.3, -0.25) is 4.79 Å². The molecule has 1 heterocycles. The summed E-state index contributed by atoms with van der Waals surface area (Å²) >= 11 is 11.8. The van der Waals surface area contributed by atoms with Gasteiger partial charge in [-0.15, -0.1) is 0 Å². The van der Waals surface area contributed by atoms with Crippen LogP contribution in [0.5, 0.6) is 5.75 Å². The third-order valence-electron chi connectivity index (χ3n) is 5.55. The molecule has 3 aromatic carbocycles. The number of sulfonamides is 1. The largest absolute Gasteiger partial charge is 0.369 e. The Labute approximate surface area is 214 Å². The van der Waals surface area contributed by atoms with Gasteiger partial charge in [-0.25, -0.2) is 13.1 Å². The molecule has 0 radical (unpaired) electrons. The maximum Gasteiger partial charge on any atom is 0.265 e. The molecule has 0 saturated heterocycles. The lowest BCUT2D eigenvalue weighted by Crippen LogP contribution is -2.30. The van der Waals surface area contributed by atoms with Gasteiger partial charge in [-0.05, 0) is 86.0 Å². The molecule has 4 rings (SSSR count). The van der Waals surface area contributed by atoms with Crippen molar-refractivity contribution >= 4 is 51.0 Å². The number of nitrogens with one attached hydrogen (secondary N) is 1. The number of oxime groups is 1. The Morgan fingerprint density at radius 2 is 1.83 bits per heavy atom. The molecule has 1 aliphatic rings. The lowest BCUT2D eigenvalue weighted by molar-refractivity contribution is 0.0981. The molecular weight excluding hydrogens is 509 g/mol. The zero-order valence-electron chi connectivity index (χ0n) is 19.0. The zero-order chi connectivity index (χ0) is 25.2. The van der Waals surface area contributed by atoms with Gasteiger partial charge in [0.15, 0.2) is 5.75 Å². The Balaban J connectivity index is 1.38. The van der Waals surface area contributed by atoms with Gasteiger partial charge in [0.25, 0.3) is 15.9 Å². The van der Waals surface area contributed by atoms with Crippen LogP contribution in [0.1, 0.15) is 35.3 Å². The summed E-state index contributed by atoms with van der Waals surface area (Å²) < 4.78 is 27.0. The smallest absolute Gasteiger partial charge is 0.265 e. The molecule has 7 nitrogen and oxygen atoms in total. The minimum atomic E-state index is -4.17. The van der Waals surface area contributed by atoms with E-state index >= 15 is 0 Å². The fraction of sp³-hybridized carbons (Fsp3) is 0.200.